The molecule has 1 fully saturated rings. The maximum Gasteiger partial charge on any atom is 0.274 e. The van der Waals surface area contributed by atoms with Gasteiger partial charge in [-0.3, -0.25) is 9.48 Å². The predicted octanol–water partition coefficient (Wildman–Crippen LogP) is 1.32. The van der Waals surface area contributed by atoms with Gasteiger partial charge >= 0.3 is 0 Å². The molecular formula is C18H21N7O. The van der Waals surface area contributed by atoms with Crippen molar-refractivity contribution in [2.24, 2.45) is 20.0 Å². The predicted molar refractivity (Wildman–Crippen MR) is 95.2 cm³/mol. The fraction of sp³-hybridized carbons (Fsp3) is 0.389. The molecule has 26 heavy (non-hydrogen) atoms. The molecule has 4 rings (SSSR count). The smallest absolute Gasteiger partial charge is 0.274 e. The van der Waals surface area contributed by atoms with Crippen molar-refractivity contribution in [1.82, 2.24) is 34.2 Å². The van der Waals surface area contributed by atoms with E-state index >= 15 is 0 Å². The van der Waals surface area contributed by atoms with Crippen LogP contribution in [0.1, 0.15) is 22.6 Å². The van der Waals surface area contributed by atoms with Crippen LogP contribution in [0.15, 0.2) is 37.1 Å². The fourth-order valence-corrected chi connectivity index (χ4v) is 3.41. The third-order valence-corrected chi connectivity index (χ3v) is 4.78. The molecule has 1 aliphatic heterocycles. The topological polar surface area (TPSA) is 81.7 Å². The van der Waals surface area contributed by atoms with Gasteiger partial charge in [-0.05, 0) is 30.9 Å². The molecule has 0 spiro atoms. The van der Waals surface area contributed by atoms with Crippen LogP contribution in [0, 0.1) is 5.92 Å². The Morgan fingerprint density at radius 3 is 2.85 bits per heavy atom. The van der Waals surface area contributed by atoms with E-state index in [1.54, 1.807) is 29.5 Å². The number of nitrogens with zero attached hydrogens (tertiary/aromatic N) is 7. The van der Waals surface area contributed by atoms with E-state index in [0.717, 1.165) is 43.1 Å². The molecule has 0 aliphatic carbocycles. The number of carbonyl (C=O) groups excluding carboxylic acids is 1. The number of imidazole rings is 1. The molecule has 1 saturated heterocycles. The highest BCUT2D eigenvalue weighted by Gasteiger charge is 2.28. The summed E-state index contributed by atoms with van der Waals surface area (Å²) in [7, 11) is 3.76. The van der Waals surface area contributed by atoms with Gasteiger partial charge < -0.3 is 9.47 Å². The third kappa shape index (κ3) is 3.22. The molecule has 0 N–H and O–H groups in total. The minimum Gasteiger partial charge on any atom is -0.337 e. The Kier molecular flexibility index (Phi) is 4.24. The van der Waals surface area contributed by atoms with Crippen LogP contribution in [0.2, 0.25) is 0 Å². The summed E-state index contributed by atoms with van der Waals surface area (Å²) in [6, 6.07) is 3.75. The number of rotatable bonds is 4. The highest BCUT2D eigenvalue weighted by atomic mass is 16.2. The Balaban J connectivity index is 1.43. The molecule has 8 nitrogen and oxygen atoms in total. The summed E-state index contributed by atoms with van der Waals surface area (Å²) in [5.74, 6) is 1.23. The number of aryl methyl sites for hydroxylation is 2. The van der Waals surface area contributed by atoms with Crippen LogP contribution in [-0.4, -0.2) is 53.2 Å². The van der Waals surface area contributed by atoms with E-state index < -0.39 is 0 Å². The molecule has 0 bridgehead atoms. The molecule has 0 aromatic carbocycles. The lowest BCUT2D eigenvalue weighted by molar-refractivity contribution is 0.0780. The van der Waals surface area contributed by atoms with Gasteiger partial charge in [0.05, 0.1) is 0 Å². The monoisotopic (exact) mass is 351 g/mol. The van der Waals surface area contributed by atoms with Crippen LogP contribution in [0.5, 0.6) is 0 Å². The van der Waals surface area contributed by atoms with E-state index in [9.17, 15) is 4.79 Å². The zero-order valence-electron chi connectivity index (χ0n) is 14.9. The first kappa shape index (κ1) is 16.4. The average Bonchev–Trinajstić information content (AvgIpc) is 3.36. The molecule has 134 valence electrons. The molecule has 1 unspecified atom stereocenters. The van der Waals surface area contributed by atoms with Crippen molar-refractivity contribution in [3.63, 3.8) is 0 Å². The second kappa shape index (κ2) is 6.70. The number of hydrogen-bond donors (Lipinski definition) is 0. The Hall–Kier alpha value is -3.03. The number of amides is 1. The number of aromatic nitrogens is 6. The van der Waals surface area contributed by atoms with Gasteiger partial charge in [0.1, 0.15) is 17.7 Å². The van der Waals surface area contributed by atoms with Crippen LogP contribution >= 0.6 is 0 Å². The van der Waals surface area contributed by atoms with Crippen molar-refractivity contribution in [2.45, 2.75) is 12.8 Å². The summed E-state index contributed by atoms with van der Waals surface area (Å²) in [4.78, 5) is 27.5. The SMILES string of the molecule is Cn1ccc(C(=O)N2CCC(Cc3cc(-c4nccn4C)ncn3)C2)n1. The normalized spacial score (nSPS) is 17.0. The molecule has 4 heterocycles. The quantitative estimate of drug-likeness (QED) is 0.708. The summed E-state index contributed by atoms with van der Waals surface area (Å²) in [6.07, 6.45) is 8.84. The maximum atomic E-state index is 12.5. The molecule has 0 saturated carbocycles. The first-order chi connectivity index (χ1) is 12.6. The van der Waals surface area contributed by atoms with Crippen molar-refractivity contribution in [3.8, 4) is 11.5 Å². The first-order valence-electron chi connectivity index (χ1n) is 8.67. The van der Waals surface area contributed by atoms with Crippen LogP contribution in [0.25, 0.3) is 11.5 Å². The highest BCUT2D eigenvalue weighted by Crippen LogP contribution is 2.23. The molecule has 1 amide bonds. The van der Waals surface area contributed by atoms with Crippen LogP contribution in [0.3, 0.4) is 0 Å². The molecule has 3 aromatic heterocycles. The largest absolute Gasteiger partial charge is 0.337 e. The summed E-state index contributed by atoms with van der Waals surface area (Å²) in [5, 5.41) is 4.21. The number of hydrogen-bond acceptors (Lipinski definition) is 5. The molecular weight excluding hydrogens is 330 g/mol. The zero-order valence-corrected chi connectivity index (χ0v) is 14.9. The van der Waals surface area contributed by atoms with Crippen LogP contribution in [0.4, 0.5) is 0 Å². The summed E-state index contributed by atoms with van der Waals surface area (Å²) >= 11 is 0. The Morgan fingerprint density at radius 1 is 1.23 bits per heavy atom. The minimum atomic E-state index is 0.00415. The van der Waals surface area contributed by atoms with Gasteiger partial charge in [-0.2, -0.15) is 5.10 Å². The van der Waals surface area contributed by atoms with Gasteiger partial charge in [0.25, 0.3) is 5.91 Å². The van der Waals surface area contributed by atoms with Crippen molar-refractivity contribution in [1.29, 1.82) is 0 Å². The fourth-order valence-electron chi connectivity index (χ4n) is 3.41. The van der Waals surface area contributed by atoms with E-state index in [0.29, 0.717) is 11.6 Å². The second-order valence-electron chi connectivity index (χ2n) is 6.74. The lowest BCUT2D eigenvalue weighted by Crippen LogP contribution is -2.29. The van der Waals surface area contributed by atoms with E-state index in [1.165, 1.54) is 0 Å². The summed E-state index contributed by atoms with van der Waals surface area (Å²) < 4.78 is 3.59. The van der Waals surface area contributed by atoms with E-state index in [-0.39, 0.29) is 5.91 Å². The first-order valence-corrected chi connectivity index (χ1v) is 8.67. The van der Waals surface area contributed by atoms with E-state index in [1.807, 2.05) is 35.8 Å². The Morgan fingerprint density at radius 2 is 2.12 bits per heavy atom. The highest BCUT2D eigenvalue weighted by molar-refractivity contribution is 5.92. The molecule has 1 atom stereocenters. The zero-order chi connectivity index (χ0) is 18.1. The van der Waals surface area contributed by atoms with Crippen molar-refractivity contribution >= 4 is 5.91 Å². The molecule has 3 aromatic rings. The Bertz CT molecular complexity index is 929. The lowest BCUT2D eigenvalue weighted by atomic mass is 10.0. The molecule has 1 aliphatic rings. The van der Waals surface area contributed by atoms with Crippen molar-refractivity contribution < 1.29 is 4.79 Å². The maximum absolute atomic E-state index is 12.5. The summed E-state index contributed by atoms with van der Waals surface area (Å²) in [6.45, 7) is 1.49. The minimum absolute atomic E-state index is 0.00415. The van der Waals surface area contributed by atoms with Gasteiger partial charge in [-0.15, -0.1) is 0 Å². The standard InChI is InChI=1S/C18H21N7O/c1-23-8-5-19-17(23)16-10-14(20-12-21-16)9-13-3-7-25(11-13)18(26)15-4-6-24(2)22-15/h4-6,8,10,12-13H,3,7,9,11H2,1-2H3. The third-order valence-electron chi connectivity index (χ3n) is 4.78. The van der Waals surface area contributed by atoms with Crippen molar-refractivity contribution in [3.05, 3.63) is 48.4 Å². The van der Waals surface area contributed by atoms with Gasteiger partial charge in [0.2, 0.25) is 0 Å². The van der Waals surface area contributed by atoms with Gasteiger partial charge in [0.15, 0.2) is 5.82 Å². The van der Waals surface area contributed by atoms with Gasteiger partial charge in [0, 0.05) is 51.5 Å². The number of likely N-dealkylation sites (tertiary alicyclic amines) is 1. The second-order valence-corrected chi connectivity index (χ2v) is 6.74. The lowest BCUT2D eigenvalue weighted by Gasteiger charge is -2.15. The van der Waals surface area contributed by atoms with Crippen LogP contribution in [-0.2, 0) is 20.5 Å². The number of carbonyl (C=O) groups is 1. The average molecular weight is 351 g/mol. The van der Waals surface area contributed by atoms with E-state index in [4.69, 9.17) is 0 Å². The van der Waals surface area contributed by atoms with Gasteiger partial charge in [-0.25, -0.2) is 15.0 Å². The van der Waals surface area contributed by atoms with E-state index in [2.05, 4.69) is 20.1 Å². The Labute approximate surface area is 151 Å². The van der Waals surface area contributed by atoms with Gasteiger partial charge in [-0.1, -0.05) is 0 Å². The molecule has 0 radical (unpaired) electrons. The summed E-state index contributed by atoms with van der Waals surface area (Å²) in [5.41, 5.74) is 2.31. The van der Waals surface area contributed by atoms with Crippen molar-refractivity contribution in [2.75, 3.05) is 13.1 Å². The van der Waals surface area contributed by atoms with Crippen LogP contribution < -0.4 is 0 Å². The molecule has 8 heteroatoms.